The van der Waals surface area contributed by atoms with Crippen molar-refractivity contribution >= 4 is 11.8 Å². The van der Waals surface area contributed by atoms with Crippen molar-refractivity contribution in [1.29, 1.82) is 0 Å². The van der Waals surface area contributed by atoms with Crippen LogP contribution in [0.2, 0.25) is 0 Å². The number of nitrogens with one attached hydrogen (secondary N) is 1. The maximum Gasteiger partial charge on any atom is 0.274 e. The smallest absolute Gasteiger partial charge is 0.274 e. The lowest BCUT2D eigenvalue weighted by atomic mass is 9.73. The van der Waals surface area contributed by atoms with E-state index in [1.165, 1.54) is 17.3 Å². The average molecular weight is 390 g/mol. The highest BCUT2D eigenvalue weighted by Gasteiger charge is 2.46. The van der Waals surface area contributed by atoms with Crippen molar-refractivity contribution in [3.8, 4) is 0 Å². The quantitative estimate of drug-likeness (QED) is 0.871. The second-order valence-corrected chi connectivity index (χ2v) is 8.70. The first kappa shape index (κ1) is 18.3. The second kappa shape index (κ2) is 7.25. The van der Waals surface area contributed by atoms with Crippen molar-refractivity contribution in [2.45, 2.75) is 55.9 Å². The minimum absolute atomic E-state index is 0.0420. The molecule has 1 N–H and O–H groups in total. The van der Waals surface area contributed by atoms with Gasteiger partial charge in [0.05, 0.1) is 6.20 Å². The molecule has 3 aliphatic rings. The number of hydrogen-bond donors (Lipinski definition) is 1. The fourth-order valence-corrected chi connectivity index (χ4v) is 5.13. The molecule has 1 aromatic heterocycles. The molecule has 1 spiro atoms. The fourth-order valence-electron chi connectivity index (χ4n) is 5.13. The van der Waals surface area contributed by atoms with Crippen LogP contribution < -0.4 is 5.32 Å². The van der Waals surface area contributed by atoms with Crippen molar-refractivity contribution < 1.29 is 9.59 Å². The highest BCUT2D eigenvalue weighted by molar-refractivity contribution is 5.92. The van der Waals surface area contributed by atoms with Crippen LogP contribution in [0.25, 0.3) is 0 Å². The van der Waals surface area contributed by atoms with E-state index in [1.54, 1.807) is 12.4 Å². The summed E-state index contributed by atoms with van der Waals surface area (Å²) in [6.07, 6.45) is 10.3. The molecule has 0 unspecified atom stereocenters. The van der Waals surface area contributed by atoms with Crippen molar-refractivity contribution in [3.05, 3.63) is 59.7 Å². The normalized spacial score (nSPS) is 22.3. The number of benzene rings is 1. The van der Waals surface area contributed by atoms with Gasteiger partial charge in [-0.15, -0.1) is 0 Å². The number of carbonyl (C=O) groups excluding carboxylic acids is 2. The van der Waals surface area contributed by atoms with Gasteiger partial charge in [-0.05, 0) is 54.6 Å². The predicted octanol–water partition coefficient (Wildman–Crippen LogP) is 2.81. The minimum Gasteiger partial charge on any atom is -0.353 e. The number of hydrogen-bond acceptors (Lipinski definition) is 4. The van der Waals surface area contributed by atoms with Gasteiger partial charge in [-0.3, -0.25) is 14.6 Å². The Morgan fingerprint density at radius 3 is 2.66 bits per heavy atom. The van der Waals surface area contributed by atoms with Crippen molar-refractivity contribution in [1.82, 2.24) is 20.2 Å². The summed E-state index contributed by atoms with van der Waals surface area (Å²) >= 11 is 0. The molecule has 6 nitrogen and oxygen atoms in total. The lowest BCUT2D eigenvalue weighted by Crippen LogP contribution is -2.44. The van der Waals surface area contributed by atoms with Crippen LogP contribution in [0, 0.1) is 0 Å². The lowest BCUT2D eigenvalue weighted by molar-refractivity contribution is -0.121. The van der Waals surface area contributed by atoms with Gasteiger partial charge in [0.1, 0.15) is 5.69 Å². The van der Waals surface area contributed by atoms with Gasteiger partial charge >= 0.3 is 0 Å². The Kier molecular flexibility index (Phi) is 4.57. The van der Waals surface area contributed by atoms with E-state index in [1.807, 2.05) is 4.90 Å². The molecule has 1 aliphatic heterocycles. The molecule has 150 valence electrons. The average Bonchev–Trinajstić information content (AvgIpc) is 3.53. The number of amides is 2. The molecule has 5 rings (SSSR count). The number of rotatable bonds is 4. The van der Waals surface area contributed by atoms with E-state index in [9.17, 15) is 9.59 Å². The molecule has 6 heteroatoms. The minimum atomic E-state index is -0.0420. The summed E-state index contributed by atoms with van der Waals surface area (Å²) in [6, 6.07) is 9.01. The van der Waals surface area contributed by atoms with Crippen LogP contribution in [0.1, 0.15) is 66.1 Å². The van der Waals surface area contributed by atoms with E-state index in [-0.39, 0.29) is 23.1 Å². The number of nitrogens with zero attached hydrogens (tertiary/aromatic N) is 3. The first-order chi connectivity index (χ1) is 14.1. The molecule has 2 aliphatic carbocycles. The van der Waals surface area contributed by atoms with Gasteiger partial charge in [-0.2, -0.15) is 0 Å². The van der Waals surface area contributed by atoms with Gasteiger partial charge in [0.15, 0.2) is 0 Å². The van der Waals surface area contributed by atoms with Crippen molar-refractivity contribution in [2.24, 2.45) is 0 Å². The number of aromatic nitrogens is 2. The fraction of sp³-hybridized carbons (Fsp3) is 0.478. The monoisotopic (exact) mass is 390 g/mol. The first-order valence-electron chi connectivity index (χ1n) is 10.6. The van der Waals surface area contributed by atoms with E-state index in [0.717, 1.165) is 32.1 Å². The number of piperidine rings is 1. The largest absolute Gasteiger partial charge is 0.353 e. The third kappa shape index (κ3) is 3.52. The van der Waals surface area contributed by atoms with Crippen LogP contribution in [0.4, 0.5) is 0 Å². The van der Waals surface area contributed by atoms with Crippen LogP contribution in [-0.4, -0.2) is 45.8 Å². The number of likely N-dealkylation sites (tertiary alicyclic amines) is 1. The van der Waals surface area contributed by atoms with E-state index in [0.29, 0.717) is 31.2 Å². The van der Waals surface area contributed by atoms with Gasteiger partial charge < -0.3 is 10.2 Å². The molecule has 2 aromatic rings. The topological polar surface area (TPSA) is 75.2 Å². The summed E-state index contributed by atoms with van der Waals surface area (Å²) in [6.45, 7) is 1.43. The Morgan fingerprint density at radius 2 is 1.93 bits per heavy atom. The zero-order chi connectivity index (χ0) is 19.8. The predicted molar refractivity (Wildman–Crippen MR) is 108 cm³/mol. The van der Waals surface area contributed by atoms with E-state index in [4.69, 9.17) is 0 Å². The summed E-state index contributed by atoms with van der Waals surface area (Å²) in [5.74, 6) is 0.409. The molecule has 1 saturated carbocycles. The van der Waals surface area contributed by atoms with Crippen molar-refractivity contribution in [3.63, 3.8) is 0 Å². The highest BCUT2D eigenvalue weighted by atomic mass is 16.2. The van der Waals surface area contributed by atoms with E-state index in [2.05, 4.69) is 39.6 Å². The Morgan fingerprint density at radius 1 is 1.14 bits per heavy atom. The third-order valence-electron chi connectivity index (χ3n) is 6.77. The SMILES string of the molecule is O=C(C[C@@H]1CC2(CCN(C(=O)c3cnccn3)CC2)c2ccccc21)NC1CC1. The van der Waals surface area contributed by atoms with Crippen LogP contribution in [0.3, 0.4) is 0 Å². The van der Waals surface area contributed by atoms with E-state index < -0.39 is 0 Å². The van der Waals surface area contributed by atoms with Gasteiger partial charge in [-0.25, -0.2) is 4.98 Å². The van der Waals surface area contributed by atoms with Crippen molar-refractivity contribution in [2.75, 3.05) is 13.1 Å². The van der Waals surface area contributed by atoms with Gasteiger partial charge in [0, 0.05) is 37.9 Å². The molecule has 1 atom stereocenters. The Labute approximate surface area is 170 Å². The Bertz CT molecular complexity index is 917. The van der Waals surface area contributed by atoms with E-state index >= 15 is 0 Å². The second-order valence-electron chi connectivity index (χ2n) is 8.70. The molecule has 2 fully saturated rings. The summed E-state index contributed by atoms with van der Waals surface area (Å²) in [7, 11) is 0. The third-order valence-corrected chi connectivity index (χ3v) is 6.77. The summed E-state index contributed by atoms with van der Waals surface area (Å²) in [4.78, 5) is 35.3. The maximum absolute atomic E-state index is 12.7. The lowest BCUT2D eigenvalue weighted by Gasteiger charge is -2.40. The molecule has 2 amide bonds. The molecule has 1 saturated heterocycles. The number of fused-ring (bicyclic) bond motifs is 2. The van der Waals surface area contributed by atoms with Gasteiger partial charge in [-0.1, -0.05) is 24.3 Å². The maximum atomic E-state index is 12.7. The molecule has 2 heterocycles. The summed E-state index contributed by atoms with van der Waals surface area (Å²) in [5.41, 5.74) is 3.19. The van der Waals surface area contributed by atoms with Gasteiger partial charge in [0.25, 0.3) is 5.91 Å². The Balaban J connectivity index is 1.31. The molecular formula is C23H26N4O2. The highest BCUT2D eigenvalue weighted by Crippen LogP contribution is 2.52. The first-order valence-corrected chi connectivity index (χ1v) is 10.6. The van der Waals surface area contributed by atoms with Crippen LogP contribution in [0.15, 0.2) is 42.9 Å². The zero-order valence-corrected chi connectivity index (χ0v) is 16.5. The molecule has 29 heavy (non-hydrogen) atoms. The molecular weight excluding hydrogens is 364 g/mol. The van der Waals surface area contributed by atoms with Crippen LogP contribution in [0.5, 0.6) is 0 Å². The van der Waals surface area contributed by atoms with Crippen LogP contribution in [-0.2, 0) is 10.2 Å². The standard InChI is InChI=1S/C23H26N4O2/c28-21(26-17-5-6-17)13-16-14-23(19-4-2-1-3-18(16)19)7-11-27(12-8-23)22(29)20-15-24-9-10-25-20/h1-4,9-10,15-17H,5-8,11-14H2,(H,26,28)/t16-/m1/s1. The summed E-state index contributed by atoms with van der Waals surface area (Å²) in [5, 5.41) is 3.14. The van der Waals surface area contributed by atoms with Gasteiger partial charge in [0.2, 0.25) is 5.91 Å². The van der Waals surface area contributed by atoms with Crippen LogP contribution >= 0.6 is 0 Å². The summed E-state index contributed by atoms with van der Waals surface area (Å²) < 4.78 is 0. The Hall–Kier alpha value is -2.76. The molecule has 0 bridgehead atoms. The zero-order valence-electron chi connectivity index (χ0n) is 16.5. The number of carbonyl (C=O) groups is 2. The molecule has 0 radical (unpaired) electrons. The molecule has 1 aromatic carbocycles.